The van der Waals surface area contributed by atoms with E-state index in [1.807, 2.05) is 6.07 Å². The van der Waals surface area contributed by atoms with Gasteiger partial charge in [0.2, 0.25) is 0 Å². The summed E-state index contributed by atoms with van der Waals surface area (Å²) in [5.74, 6) is 0.855. The third-order valence-electron chi connectivity index (χ3n) is 9.93. The van der Waals surface area contributed by atoms with E-state index in [0.717, 1.165) is 43.6 Å². The fourth-order valence-electron chi connectivity index (χ4n) is 7.37. The molecule has 0 spiro atoms. The van der Waals surface area contributed by atoms with E-state index in [0.29, 0.717) is 49.3 Å². The summed E-state index contributed by atoms with van der Waals surface area (Å²) in [6.07, 6.45) is 8.01. The zero-order valence-electron chi connectivity index (χ0n) is 25.5. The van der Waals surface area contributed by atoms with Gasteiger partial charge in [-0.05, 0) is 54.7 Å². The van der Waals surface area contributed by atoms with Crippen molar-refractivity contribution in [2.75, 3.05) is 25.0 Å². The lowest BCUT2D eigenvalue weighted by atomic mass is 9.71. The Kier molecular flexibility index (Phi) is 8.29. The molecule has 2 atom stereocenters. The van der Waals surface area contributed by atoms with Gasteiger partial charge >= 0.3 is 0 Å². The minimum atomic E-state index is -1.04. The van der Waals surface area contributed by atoms with Gasteiger partial charge in [0, 0.05) is 60.5 Å². The van der Waals surface area contributed by atoms with Crippen LogP contribution in [0.1, 0.15) is 54.6 Å². The second-order valence-electron chi connectivity index (χ2n) is 13.0. The second-order valence-corrected chi connectivity index (χ2v) is 14.7. The molecule has 2 aliphatic heterocycles. The molecule has 0 radical (unpaired) electrons. The molecule has 1 unspecified atom stereocenters. The van der Waals surface area contributed by atoms with E-state index in [4.69, 9.17) is 28.3 Å². The summed E-state index contributed by atoms with van der Waals surface area (Å²) in [5.41, 5.74) is 4.58. The van der Waals surface area contributed by atoms with Gasteiger partial charge in [0.15, 0.2) is 11.2 Å². The highest BCUT2D eigenvalue weighted by molar-refractivity contribution is 7.13. The molecule has 2 N–H and O–H groups in total. The standard InChI is InChI=1S/C34H34Cl2FN7O2S/c35-27-14-25(21-3-1-20(2-4-21)22-11-19(12-22)15-42-8-5-24(45)6-9-42)29(36)30-26(27)17-44(41-30)32(33(46)40-34-38-7-10-47-34)31-28-13-23(37)16-43(28)18-39-31/h1-4,7,10,14,17-19,22-24,32,45H,5-6,8-9,11-13,15-16H2,(H,38,40,46)/t19?,22?,23-,32?/m1/s1. The first kappa shape index (κ1) is 31.0. The number of amides is 1. The lowest BCUT2D eigenvalue weighted by molar-refractivity contribution is -0.118. The van der Waals surface area contributed by atoms with Gasteiger partial charge in [0.1, 0.15) is 11.7 Å². The maximum atomic E-state index is 14.4. The van der Waals surface area contributed by atoms with E-state index >= 15 is 0 Å². The molecule has 5 heterocycles. The number of benzene rings is 2. The zero-order valence-corrected chi connectivity index (χ0v) is 27.9. The molecule has 5 aromatic rings. The number of aliphatic hydroxyl groups is 1. The van der Waals surface area contributed by atoms with Crippen molar-refractivity contribution in [1.29, 1.82) is 0 Å². The number of likely N-dealkylation sites (tertiary alicyclic amines) is 1. The Balaban J connectivity index is 1.05. The number of hydrogen-bond donors (Lipinski definition) is 2. The number of piperidine rings is 1. The number of carbonyl (C=O) groups is 1. The van der Waals surface area contributed by atoms with Gasteiger partial charge in [0.05, 0.1) is 34.7 Å². The number of imidazole rings is 1. The number of alkyl halides is 1. The van der Waals surface area contributed by atoms with E-state index < -0.39 is 18.1 Å². The van der Waals surface area contributed by atoms with Crippen molar-refractivity contribution in [3.05, 3.63) is 81.4 Å². The van der Waals surface area contributed by atoms with Gasteiger partial charge in [-0.3, -0.25) is 14.8 Å². The van der Waals surface area contributed by atoms with Crippen molar-refractivity contribution >= 4 is 56.5 Å². The number of anilines is 1. The molecular weight excluding hydrogens is 660 g/mol. The van der Waals surface area contributed by atoms with E-state index in [9.17, 15) is 14.3 Å². The molecule has 1 amide bonds. The first-order valence-corrected chi connectivity index (χ1v) is 17.7. The largest absolute Gasteiger partial charge is 0.393 e. The first-order valence-electron chi connectivity index (χ1n) is 16.1. The molecule has 8 rings (SSSR count). The quantitative estimate of drug-likeness (QED) is 0.187. The van der Waals surface area contributed by atoms with Crippen molar-refractivity contribution in [3.63, 3.8) is 0 Å². The lowest BCUT2D eigenvalue weighted by Crippen LogP contribution is -2.41. The van der Waals surface area contributed by atoms with Gasteiger partial charge in [-0.15, -0.1) is 11.3 Å². The van der Waals surface area contributed by atoms with Crippen LogP contribution in [0, 0.1) is 5.92 Å². The Morgan fingerprint density at radius 2 is 1.94 bits per heavy atom. The molecule has 1 saturated heterocycles. The minimum absolute atomic E-state index is 0.133. The number of hydrogen-bond acceptors (Lipinski definition) is 7. The molecule has 13 heteroatoms. The SMILES string of the molecule is O=C(Nc1nccs1)C(c1ncn2c1C[C@@H](F)C2)n1cc2c(Cl)cc(-c3ccc(C4CC(CN5CCC(O)CC5)C4)cc3)c(Cl)c2n1. The van der Waals surface area contributed by atoms with E-state index in [1.165, 1.54) is 34.4 Å². The van der Waals surface area contributed by atoms with Crippen LogP contribution in [0.4, 0.5) is 9.52 Å². The molecule has 0 bridgehead atoms. The first-order chi connectivity index (χ1) is 22.8. The monoisotopic (exact) mass is 693 g/mol. The molecule has 3 aromatic heterocycles. The summed E-state index contributed by atoms with van der Waals surface area (Å²) in [5, 5.41) is 21.2. The number of aliphatic hydroxyl groups excluding tert-OH is 1. The highest BCUT2D eigenvalue weighted by Crippen LogP contribution is 2.44. The molecule has 47 heavy (non-hydrogen) atoms. The number of halogens is 3. The van der Waals surface area contributed by atoms with Gasteiger partial charge in [-0.25, -0.2) is 14.4 Å². The highest BCUT2D eigenvalue weighted by Gasteiger charge is 2.35. The Labute approximate surface area is 285 Å². The van der Waals surface area contributed by atoms with Crippen molar-refractivity contribution in [2.45, 2.75) is 62.9 Å². The van der Waals surface area contributed by atoms with Crippen LogP contribution in [0.15, 0.2) is 54.4 Å². The summed E-state index contributed by atoms with van der Waals surface area (Å²) in [6, 6.07) is 9.38. The normalized spacial score (nSPS) is 22.3. The summed E-state index contributed by atoms with van der Waals surface area (Å²) in [4.78, 5) is 25.0. The Morgan fingerprint density at radius 3 is 2.68 bits per heavy atom. The van der Waals surface area contributed by atoms with Gasteiger partial charge in [-0.2, -0.15) is 5.10 Å². The predicted octanol–water partition coefficient (Wildman–Crippen LogP) is 6.74. The van der Waals surface area contributed by atoms with Crippen LogP contribution in [0.25, 0.3) is 22.0 Å². The second kappa shape index (κ2) is 12.6. The molecule has 3 aliphatic rings. The molecule has 2 aromatic carbocycles. The zero-order chi connectivity index (χ0) is 32.2. The third-order valence-corrected chi connectivity index (χ3v) is 11.3. The van der Waals surface area contributed by atoms with Crippen LogP contribution in [-0.4, -0.2) is 72.1 Å². The predicted molar refractivity (Wildman–Crippen MR) is 182 cm³/mol. The molecule has 1 aliphatic carbocycles. The van der Waals surface area contributed by atoms with Crippen LogP contribution in [0.3, 0.4) is 0 Å². The molecule has 244 valence electrons. The number of rotatable bonds is 8. The third kappa shape index (κ3) is 5.97. The summed E-state index contributed by atoms with van der Waals surface area (Å²) < 4.78 is 17.6. The average molecular weight is 695 g/mol. The summed E-state index contributed by atoms with van der Waals surface area (Å²) in [7, 11) is 0. The number of aromatic nitrogens is 5. The molecule has 2 fully saturated rings. The number of nitrogens with zero attached hydrogens (tertiary/aromatic N) is 6. The van der Waals surface area contributed by atoms with Crippen molar-refractivity contribution in [3.8, 4) is 11.1 Å². The highest BCUT2D eigenvalue weighted by atomic mass is 35.5. The van der Waals surface area contributed by atoms with Crippen LogP contribution in [0.2, 0.25) is 10.0 Å². The average Bonchev–Trinajstić information content (AvgIpc) is 3.85. The Bertz CT molecular complexity index is 1910. The van der Waals surface area contributed by atoms with Crippen molar-refractivity contribution < 1.29 is 14.3 Å². The fraction of sp³-hybridized carbons (Fsp3) is 0.412. The van der Waals surface area contributed by atoms with Crippen molar-refractivity contribution in [1.82, 2.24) is 29.2 Å². The number of fused-ring (bicyclic) bond motifs is 2. The molecule has 1 saturated carbocycles. The Hall–Kier alpha value is -3.35. The summed E-state index contributed by atoms with van der Waals surface area (Å²) >= 11 is 15.2. The minimum Gasteiger partial charge on any atom is -0.393 e. The van der Waals surface area contributed by atoms with Crippen LogP contribution in [-0.2, 0) is 17.8 Å². The number of nitrogens with one attached hydrogen (secondary N) is 1. The number of carbonyl (C=O) groups excluding carboxylic acids is 1. The van der Waals surface area contributed by atoms with Crippen LogP contribution < -0.4 is 5.32 Å². The topological polar surface area (TPSA) is 101 Å². The maximum Gasteiger partial charge on any atom is 0.257 e. The van der Waals surface area contributed by atoms with Gasteiger partial charge in [-0.1, -0.05) is 47.5 Å². The van der Waals surface area contributed by atoms with Gasteiger partial charge in [0.25, 0.3) is 5.91 Å². The van der Waals surface area contributed by atoms with E-state index in [-0.39, 0.29) is 19.1 Å². The molecule has 9 nitrogen and oxygen atoms in total. The summed E-state index contributed by atoms with van der Waals surface area (Å²) in [6.45, 7) is 3.31. The molecular formula is C34H34Cl2FN7O2S. The van der Waals surface area contributed by atoms with Crippen LogP contribution in [0.5, 0.6) is 0 Å². The van der Waals surface area contributed by atoms with E-state index in [2.05, 4.69) is 44.5 Å². The van der Waals surface area contributed by atoms with E-state index in [1.54, 1.807) is 28.7 Å². The smallest absolute Gasteiger partial charge is 0.257 e. The van der Waals surface area contributed by atoms with Gasteiger partial charge < -0.3 is 14.6 Å². The lowest BCUT2D eigenvalue weighted by Gasteiger charge is -2.40. The number of thiazole rings is 1. The Morgan fingerprint density at radius 1 is 1.15 bits per heavy atom. The van der Waals surface area contributed by atoms with Crippen LogP contribution >= 0.6 is 34.5 Å². The van der Waals surface area contributed by atoms with Crippen molar-refractivity contribution in [2.24, 2.45) is 5.92 Å². The maximum absolute atomic E-state index is 14.4. The fourth-order valence-corrected chi connectivity index (χ4v) is 8.45.